The lowest BCUT2D eigenvalue weighted by Crippen LogP contribution is -2.37. The zero-order valence-corrected chi connectivity index (χ0v) is 18.1. The fourth-order valence-electron chi connectivity index (χ4n) is 3.13. The van der Waals surface area contributed by atoms with Crippen LogP contribution in [0, 0.1) is 0 Å². The lowest BCUT2D eigenvalue weighted by atomic mass is 10.2. The summed E-state index contributed by atoms with van der Waals surface area (Å²) in [4.78, 5) is 41.0. The molecule has 1 aromatic carbocycles. The lowest BCUT2D eigenvalue weighted by molar-refractivity contribution is 0.0492. The zero-order chi connectivity index (χ0) is 22.5. The zero-order valence-electron chi connectivity index (χ0n) is 18.1. The molecule has 0 spiro atoms. The Kier molecular flexibility index (Phi) is 6.78. The number of hydrogen-bond acceptors (Lipinski definition) is 7. The first-order valence-corrected chi connectivity index (χ1v) is 9.97. The number of carbonyl (C=O) groups is 1. The summed E-state index contributed by atoms with van der Waals surface area (Å²) >= 11 is 0. The minimum atomic E-state index is -0.525. The van der Waals surface area contributed by atoms with Crippen LogP contribution in [-0.2, 0) is 25.4 Å². The van der Waals surface area contributed by atoms with Crippen molar-refractivity contribution in [2.75, 3.05) is 20.3 Å². The quantitative estimate of drug-likeness (QED) is 0.374. The van der Waals surface area contributed by atoms with E-state index >= 15 is 0 Å². The van der Waals surface area contributed by atoms with Crippen molar-refractivity contribution in [3.8, 4) is 11.5 Å². The van der Waals surface area contributed by atoms with Crippen LogP contribution in [-0.4, -0.2) is 45.0 Å². The molecule has 0 aliphatic rings. The van der Waals surface area contributed by atoms with E-state index in [-0.39, 0.29) is 24.3 Å². The molecule has 0 radical (unpaired) electrons. The van der Waals surface area contributed by atoms with Gasteiger partial charge in [-0.1, -0.05) is 13.3 Å². The highest BCUT2D eigenvalue weighted by atomic mass is 16.5. The minimum absolute atomic E-state index is 0.0212. The number of nitrogens with zero attached hydrogens (tertiary/aromatic N) is 4. The van der Waals surface area contributed by atoms with Gasteiger partial charge in [0.25, 0.3) is 5.56 Å². The third kappa shape index (κ3) is 4.47. The molecule has 0 fully saturated rings. The number of aryl methyl sites for hydroxylation is 1. The number of unbranched alkanes of at least 4 members (excludes halogenated alkanes) is 1. The number of carbonyl (C=O) groups excluding carboxylic acids is 1. The van der Waals surface area contributed by atoms with Crippen molar-refractivity contribution in [2.24, 2.45) is 14.1 Å². The normalized spacial score (nSPS) is 11.0. The van der Waals surface area contributed by atoms with Crippen molar-refractivity contribution < 1.29 is 19.0 Å². The molecule has 2 aromatic heterocycles. The van der Waals surface area contributed by atoms with Gasteiger partial charge in [-0.3, -0.25) is 13.9 Å². The monoisotopic (exact) mass is 430 g/mol. The van der Waals surface area contributed by atoms with E-state index in [2.05, 4.69) is 11.9 Å². The van der Waals surface area contributed by atoms with Crippen molar-refractivity contribution in [3.63, 3.8) is 0 Å². The molecule has 0 aliphatic heterocycles. The summed E-state index contributed by atoms with van der Waals surface area (Å²) < 4.78 is 20.2. The molecule has 10 nitrogen and oxygen atoms in total. The minimum Gasteiger partial charge on any atom is -0.493 e. The van der Waals surface area contributed by atoms with Gasteiger partial charge in [0.1, 0.15) is 6.61 Å². The summed E-state index contributed by atoms with van der Waals surface area (Å²) in [5.41, 5.74) is -0.0252. The van der Waals surface area contributed by atoms with E-state index in [1.807, 2.05) is 0 Å². The maximum Gasteiger partial charge on any atom is 0.338 e. The Bertz CT molecular complexity index is 1210. The van der Waals surface area contributed by atoms with Gasteiger partial charge in [-0.05, 0) is 24.6 Å². The number of esters is 1. The Labute approximate surface area is 178 Å². The van der Waals surface area contributed by atoms with Gasteiger partial charge in [-0.15, -0.1) is 0 Å². The van der Waals surface area contributed by atoms with Crippen LogP contribution < -0.4 is 20.7 Å². The van der Waals surface area contributed by atoms with E-state index in [9.17, 15) is 14.4 Å². The van der Waals surface area contributed by atoms with Gasteiger partial charge in [-0.25, -0.2) is 14.6 Å². The molecular weight excluding hydrogens is 404 g/mol. The van der Waals surface area contributed by atoms with Crippen LogP contribution in [0.1, 0.15) is 30.1 Å². The molecule has 3 aromatic rings. The predicted molar refractivity (Wildman–Crippen MR) is 114 cm³/mol. The predicted octanol–water partition coefficient (Wildman–Crippen LogP) is 1.48. The van der Waals surface area contributed by atoms with Crippen LogP contribution in [0.5, 0.6) is 11.5 Å². The molecule has 0 atom stereocenters. The van der Waals surface area contributed by atoms with Crippen LogP contribution in [0.25, 0.3) is 11.2 Å². The van der Waals surface area contributed by atoms with Gasteiger partial charge in [0.15, 0.2) is 22.7 Å². The Hall–Kier alpha value is -3.56. The number of benzene rings is 1. The molecule has 0 saturated heterocycles. The van der Waals surface area contributed by atoms with Gasteiger partial charge in [-0.2, -0.15) is 0 Å². The molecule has 31 heavy (non-hydrogen) atoms. The fourth-order valence-corrected chi connectivity index (χ4v) is 3.13. The number of ether oxygens (including phenoxy) is 3. The van der Waals surface area contributed by atoms with Crippen LogP contribution in [0.15, 0.2) is 34.1 Å². The van der Waals surface area contributed by atoms with Crippen molar-refractivity contribution >= 4 is 17.1 Å². The second kappa shape index (κ2) is 9.50. The number of fused-ring (bicyclic) bond motifs is 1. The van der Waals surface area contributed by atoms with Crippen molar-refractivity contribution in [3.05, 3.63) is 50.9 Å². The average molecular weight is 430 g/mol. The highest BCUT2D eigenvalue weighted by molar-refractivity contribution is 5.90. The standard InChI is InChI=1S/C21H26N4O6/c1-5-6-10-30-15-8-7-14(12-16(15)29-4)20(27)31-11-9-25-13-22-18-17(25)19(26)24(3)21(28)23(18)2/h7-8,12-13H,5-6,9-11H2,1-4H3. The Morgan fingerprint density at radius 3 is 2.58 bits per heavy atom. The number of aromatic nitrogens is 4. The molecule has 10 heteroatoms. The highest BCUT2D eigenvalue weighted by Crippen LogP contribution is 2.28. The summed E-state index contributed by atoms with van der Waals surface area (Å²) in [6.45, 7) is 2.88. The third-order valence-corrected chi connectivity index (χ3v) is 4.94. The van der Waals surface area contributed by atoms with E-state index in [0.717, 1.165) is 17.4 Å². The Balaban J connectivity index is 1.69. The molecule has 3 rings (SSSR count). The molecular formula is C21H26N4O6. The topological polar surface area (TPSA) is 107 Å². The molecule has 0 aliphatic carbocycles. The van der Waals surface area contributed by atoms with E-state index in [4.69, 9.17) is 14.2 Å². The first kappa shape index (κ1) is 22.1. The molecule has 0 amide bonds. The number of methoxy groups -OCH3 is 1. The van der Waals surface area contributed by atoms with Crippen LogP contribution in [0.2, 0.25) is 0 Å². The maximum absolute atomic E-state index is 12.5. The molecule has 0 saturated carbocycles. The Morgan fingerprint density at radius 2 is 1.87 bits per heavy atom. The van der Waals surface area contributed by atoms with Crippen molar-refractivity contribution in [1.29, 1.82) is 0 Å². The maximum atomic E-state index is 12.5. The largest absolute Gasteiger partial charge is 0.493 e. The SMILES string of the molecule is CCCCOc1ccc(C(=O)OCCn2cnc3c2c(=O)n(C)c(=O)n3C)cc1OC. The van der Waals surface area contributed by atoms with E-state index in [0.29, 0.717) is 23.7 Å². The summed E-state index contributed by atoms with van der Waals surface area (Å²) in [6.07, 6.45) is 3.39. The Morgan fingerprint density at radius 1 is 1.10 bits per heavy atom. The van der Waals surface area contributed by atoms with E-state index < -0.39 is 17.2 Å². The second-order valence-electron chi connectivity index (χ2n) is 7.02. The highest BCUT2D eigenvalue weighted by Gasteiger charge is 2.16. The summed E-state index contributed by atoms with van der Waals surface area (Å²) in [6, 6.07) is 4.87. The number of hydrogen-bond donors (Lipinski definition) is 0. The second-order valence-corrected chi connectivity index (χ2v) is 7.02. The summed E-state index contributed by atoms with van der Waals surface area (Å²) in [5.74, 6) is 0.498. The molecule has 2 heterocycles. The van der Waals surface area contributed by atoms with Gasteiger partial charge in [0.05, 0.1) is 32.2 Å². The summed E-state index contributed by atoms with van der Waals surface area (Å²) in [7, 11) is 4.46. The van der Waals surface area contributed by atoms with E-state index in [1.54, 1.807) is 29.8 Å². The third-order valence-electron chi connectivity index (χ3n) is 4.94. The number of rotatable bonds is 9. The molecule has 166 valence electrons. The summed E-state index contributed by atoms with van der Waals surface area (Å²) in [5, 5.41) is 0. The fraction of sp³-hybridized carbons (Fsp3) is 0.429. The van der Waals surface area contributed by atoms with Gasteiger partial charge >= 0.3 is 11.7 Å². The average Bonchev–Trinajstić information content (AvgIpc) is 3.20. The number of imidazole rings is 1. The van der Waals surface area contributed by atoms with Gasteiger partial charge in [0, 0.05) is 14.1 Å². The first-order valence-electron chi connectivity index (χ1n) is 9.97. The van der Waals surface area contributed by atoms with Crippen LogP contribution in [0.3, 0.4) is 0 Å². The molecule has 0 unspecified atom stereocenters. The molecule has 0 bridgehead atoms. The van der Waals surface area contributed by atoms with Gasteiger partial charge in [0.2, 0.25) is 0 Å². The van der Waals surface area contributed by atoms with Crippen molar-refractivity contribution in [2.45, 2.75) is 26.3 Å². The first-order chi connectivity index (χ1) is 14.9. The van der Waals surface area contributed by atoms with Crippen LogP contribution >= 0.6 is 0 Å². The van der Waals surface area contributed by atoms with Gasteiger partial charge < -0.3 is 18.8 Å². The van der Waals surface area contributed by atoms with Crippen LogP contribution in [0.4, 0.5) is 0 Å². The molecule has 0 N–H and O–H groups in total. The van der Waals surface area contributed by atoms with Crippen molar-refractivity contribution in [1.82, 2.24) is 18.7 Å². The smallest absolute Gasteiger partial charge is 0.338 e. The lowest BCUT2D eigenvalue weighted by Gasteiger charge is -2.12. The van der Waals surface area contributed by atoms with E-state index in [1.165, 1.54) is 25.1 Å².